The Bertz CT molecular complexity index is 511. The fourth-order valence-corrected chi connectivity index (χ4v) is 1.55. The SMILES string of the molecule is O=C(OCl)Oc1ccccc1-c1ccccc1. The molecule has 17 heavy (non-hydrogen) atoms. The Hall–Kier alpha value is -2.00. The number of hydrogen-bond acceptors (Lipinski definition) is 3. The molecule has 0 fully saturated rings. The summed E-state index contributed by atoms with van der Waals surface area (Å²) in [5, 5.41) is 0. The van der Waals surface area contributed by atoms with Crippen LogP contribution in [0, 0.1) is 0 Å². The summed E-state index contributed by atoms with van der Waals surface area (Å²) in [5.74, 6) is 0.407. The molecule has 0 N–H and O–H groups in total. The molecular weight excluding hydrogens is 240 g/mol. The lowest BCUT2D eigenvalue weighted by Crippen LogP contribution is -2.05. The van der Waals surface area contributed by atoms with Gasteiger partial charge in [-0.25, -0.2) is 4.79 Å². The lowest BCUT2D eigenvalue weighted by molar-refractivity contribution is 0.156. The summed E-state index contributed by atoms with van der Waals surface area (Å²) < 4.78 is 8.91. The Morgan fingerprint density at radius 3 is 2.29 bits per heavy atom. The monoisotopic (exact) mass is 248 g/mol. The van der Waals surface area contributed by atoms with Crippen molar-refractivity contribution in [2.75, 3.05) is 0 Å². The molecule has 0 radical (unpaired) electrons. The second-order valence-electron chi connectivity index (χ2n) is 3.29. The van der Waals surface area contributed by atoms with Crippen LogP contribution in [0.4, 0.5) is 4.79 Å². The van der Waals surface area contributed by atoms with Gasteiger partial charge in [0.05, 0.1) is 0 Å². The Kier molecular flexibility index (Phi) is 3.62. The van der Waals surface area contributed by atoms with E-state index in [2.05, 4.69) is 4.29 Å². The Morgan fingerprint density at radius 2 is 1.59 bits per heavy atom. The molecule has 2 rings (SSSR count). The van der Waals surface area contributed by atoms with Gasteiger partial charge in [-0.15, -0.1) is 0 Å². The van der Waals surface area contributed by atoms with Crippen LogP contribution in [0.15, 0.2) is 54.6 Å². The van der Waals surface area contributed by atoms with E-state index in [9.17, 15) is 4.79 Å². The number of carbonyl (C=O) groups is 1. The molecule has 0 bridgehead atoms. The maximum atomic E-state index is 11.0. The zero-order valence-electron chi connectivity index (χ0n) is 8.80. The molecule has 0 amide bonds. The van der Waals surface area contributed by atoms with Crippen LogP contribution in [-0.4, -0.2) is 6.16 Å². The fourth-order valence-electron chi connectivity index (χ4n) is 1.52. The predicted octanol–water partition coefficient (Wildman–Crippen LogP) is 4.02. The molecule has 0 saturated heterocycles. The first-order valence-corrected chi connectivity index (χ1v) is 5.27. The minimum absolute atomic E-state index is 0.407. The zero-order chi connectivity index (χ0) is 12.1. The molecule has 0 aliphatic heterocycles. The molecule has 86 valence electrons. The third-order valence-electron chi connectivity index (χ3n) is 2.23. The molecule has 0 saturated carbocycles. The highest BCUT2D eigenvalue weighted by Gasteiger charge is 2.10. The van der Waals surface area contributed by atoms with E-state index in [0.29, 0.717) is 5.75 Å². The lowest BCUT2D eigenvalue weighted by Gasteiger charge is -2.08. The quantitative estimate of drug-likeness (QED) is 0.595. The summed E-state index contributed by atoms with van der Waals surface area (Å²) in [6.07, 6.45) is -0.949. The molecule has 0 aromatic heterocycles. The Balaban J connectivity index is 2.38. The van der Waals surface area contributed by atoms with Gasteiger partial charge in [-0.05, 0) is 11.6 Å². The summed E-state index contributed by atoms with van der Waals surface area (Å²) >= 11 is 4.93. The average molecular weight is 249 g/mol. The van der Waals surface area contributed by atoms with Gasteiger partial charge in [-0.1, -0.05) is 48.5 Å². The van der Waals surface area contributed by atoms with E-state index in [1.165, 1.54) is 0 Å². The van der Waals surface area contributed by atoms with Gasteiger partial charge in [-0.3, -0.25) is 0 Å². The molecule has 2 aromatic carbocycles. The topological polar surface area (TPSA) is 35.5 Å². The lowest BCUT2D eigenvalue weighted by atomic mass is 10.1. The third-order valence-corrected chi connectivity index (χ3v) is 2.35. The van der Waals surface area contributed by atoms with Gasteiger partial charge in [0, 0.05) is 5.56 Å². The van der Waals surface area contributed by atoms with E-state index >= 15 is 0 Å². The second-order valence-corrected chi connectivity index (χ2v) is 3.45. The maximum absolute atomic E-state index is 11.0. The van der Waals surface area contributed by atoms with E-state index < -0.39 is 6.16 Å². The maximum Gasteiger partial charge on any atom is 0.532 e. The number of benzene rings is 2. The van der Waals surface area contributed by atoms with Crippen molar-refractivity contribution < 1.29 is 13.8 Å². The number of para-hydroxylation sites is 1. The standard InChI is InChI=1S/C13H9ClO3/c14-17-13(15)16-12-9-5-4-8-11(12)10-6-2-1-3-7-10/h1-9H. The average Bonchev–Trinajstić information content (AvgIpc) is 2.40. The van der Waals surface area contributed by atoms with Crippen LogP contribution in [0.3, 0.4) is 0 Å². The molecule has 0 aliphatic carbocycles. The van der Waals surface area contributed by atoms with Crippen LogP contribution in [-0.2, 0) is 4.29 Å². The van der Waals surface area contributed by atoms with Crippen molar-refractivity contribution in [1.82, 2.24) is 0 Å². The van der Waals surface area contributed by atoms with Gasteiger partial charge in [0.1, 0.15) is 17.6 Å². The summed E-state index contributed by atoms with van der Waals surface area (Å²) in [6.45, 7) is 0. The van der Waals surface area contributed by atoms with Gasteiger partial charge in [0.25, 0.3) is 0 Å². The van der Waals surface area contributed by atoms with E-state index in [-0.39, 0.29) is 0 Å². The van der Waals surface area contributed by atoms with Gasteiger partial charge in [-0.2, -0.15) is 0 Å². The number of hydrogen-bond donors (Lipinski definition) is 0. The molecule has 0 spiro atoms. The normalized spacial score (nSPS) is 9.71. The van der Waals surface area contributed by atoms with E-state index in [0.717, 1.165) is 11.1 Å². The van der Waals surface area contributed by atoms with Crippen molar-refractivity contribution in [3.8, 4) is 16.9 Å². The number of halogens is 1. The molecule has 0 aliphatic rings. The molecular formula is C13H9ClO3. The smallest absolute Gasteiger partial charge is 0.393 e. The molecule has 4 heteroatoms. The number of ether oxygens (including phenoxy) is 1. The zero-order valence-corrected chi connectivity index (χ0v) is 9.55. The number of rotatable bonds is 2. The van der Waals surface area contributed by atoms with Crippen molar-refractivity contribution >= 4 is 18.0 Å². The number of carbonyl (C=O) groups excluding carboxylic acids is 1. The van der Waals surface area contributed by atoms with Gasteiger partial charge < -0.3 is 9.03 Å². The van der Waals surface area contributed by atoms with Crippen molar-refractivity contribution in [2.24, 2.45) is 0 Å². The van der Waals surface area contributed by atoms with Crippen LogP contribution in [0.1, 0.15) is 0 Å². The van der Waals surface area contributed by atoms with Crippen molar-refractivity contribution in [2.45, 2.75) is 0 Å². The van der Waals surface area contributed by atoms with Crippen molar-refractivity contribution in [3.63, 3.8) is 0 Å². The molecule has 0 unspecified atom stereocenters. The molecule has 3 nitrogen and oxygen atoms in total. The Morgan fingerprint density at radius 1 is 0.941 bits per heavy atom. The third kappa shape index (κ3) is 2.77. The first-order chi connectivity index (χ1) is 8.31. The van der Waals surface area contributed by atoms with E-state index in [4.69, 9.17) is 16.6 Å². The summed E-state index contributed by atoms with van der Waals surface area (Å²) in [5.41, 5.74) is 1.75. The molecule has 2 aromatic rings. The fraction of sp³-hybridized carbons (Fsp3) is 0. The largest absolute Gasteiger partial charge is 0.532 e. The van der Waals surface area contributed by atoms with Crippen LogP contribution in [0.2, 0.25) is 0 Å². The van der Waals surface area contributed by atoms with E-state index in [1.54, 1.807) is 12.1 Å². The summed E-state index contributed by atoms with van der Waals surface area (Å²) in [7, 11) is 0. The van der Waals surface area contributed by atoms with Crippen LogP contribution < -0.4 is 4.74 Å². The Labute approximate surface area is 104 Å². The highest BCUT2D eigenvalue weighted by Crippen LogP contribution is 2.29. The first-order valence-electron chi connectivity index (χ1n) is 4.96. The van der Waals surface area contributed by atoms with Gasteiger partial charge >= 0.3 is 6.16 Å². The highest BCUT2D eigenvalue weighted by atomic mass is 35.5. The van der Waals surface area contributed by atoms with Gasteiger partial charge in [0.2, 0.25) is 0 Å². The minimum atomic E-state index is -0.949. The molecule has 0 atom stereocenters. The van der Waals surface area contributed by atoms with Crippen molar-refractivity contribution in [3.05, 3.63) is 54.6 Å². The first kappa shape index (κ1) is 11.5. The predicted molar refractivity (Wildman–Crippen MR) is 64.8 cm³/mol. The summed E-state index contributed by atoms with van der Waals surface area (Å²) in [4.78, 5) is 11.0. The van der Waals surface area contributed by atoms with Crippen molar-refractivity contribution in [1.29, 1.82) is 0 Å². The second kappa shape index (κ2) is 5.37. The van der Waals surface area contributed by atoms with Crippen LogP contribution in [0.25, 0.3) is 11.1 Å². The van der Waals surface area contributed by atoms with Crippen LogP contribution >= 0.6 is 11.9 Å². The van der Waals surface area contributed by atoms with Gasteiger partial charge in [0.15, 0.2) is 0 Å². The van der Waals surface area contributed by atoms with Crippen LogP contribution in [0.5, 0.6) is 5.75 Å². The minimum Gasteiger partial charge on any atom is -0.393 e. The van der Waals surface area contributed by atoms with E-state index in [1.807, 2.05) is 42.5 Å². The molecule has 0 heterocycles. The summed E-state index contributed by atoms with van der Waals surface area (Å²) in [6, 6.07) is 16.7. The highest BCUT2D eigenvalue weighted by molar-refractivity contribution is 6.12.